The van der Waals surface area contributed by atoms with Crippen LogP contribution >= 0.6 is 23.4 Å². The SMILES string of the molecule is N/C(=N/O)c1ccc(Cl)cc1OCCSC(F)(F)F. The lowest BCUT2D eigenvalue weighted by Gasteiger charge is -2.11. The van der Waals surface area contributed by atoms with E-state index in [0.29, 0.717) is 5.02 Å². The Bertz CT molecular complexity index is 469. The van der Waals surface area contributed by atoms with Crippen LogP contribution in [0.3, 0.4) is 0 Å². The van der Waals surface area contributed by atoms with Crippen LogP contribution in [0.15, 0.2) is 23.4 Å². The van der Waals surface area contributed by atoms with Gasteiger partial charge in [0.05, 0.1) is 12.2 Å². The molecular weight excluding hydrogens is 305 g/mol. The van der Waals surface area contributed by atoms with E-state index in [9.17, 15) is 13.2 Å². The number of amidine groups is 1. The minimum atomic E-state index is -4.30. The second-order valence-corrected chi connectivity index (χ2v) is 4.86. The number of hydrogen-bond acceptors (Lipinski definition) is 4. The Kier molecular flexibility index (Phi) is 5.61. The molecule has 0 atom stereocenters. The molecule has 0 aliphatic heterocycles. The molecule has 1 aromatic rings. The number of nitrogens with zero attached hydrogens (tertiary/aromatic N) is 1. The van der Waals surface area contributed by atoms with Gasteiger partial charge in [-0.1, -0.05) is 16.8 Å². The van der Waals surface area contributed by atoms with Crippen LogP contribution in [0.2, 0.25) is 5.02 Å². The van der Waals surface area contributed by atoms with Crippen molar-refractivity contribution in [3.8, 4) is 5.75 Å². The van der Waals surface area contributed by atoms with Gasteiger partial charge in [0.15, 0.2) is 5.84 Å². The zero-order valence-electron chi connectivity index (χ0n) is 9.45. The number of rotatable bonds is 5. The molecule has 0 unspecified atom stereocenters. The lowest BCUT2D eigenvalue weighted by molar-refractivity contribution is -0.0329. The fourth-order valence-electron chi connectivity index (χ4n) is 1.19. The van der Waals surface area contributed by atoms with Crippen molar-refractivity contribution in [2.45, 2.75) is 5.51 Å². The molecule has 0 spiro atoms. The summed E-state index contributed by atoms with van der Waals surface area (Å²) in [6.07, 6.45) is 0. The average molecular weight is 315 g/mol. The topological polar surface area (TPSA) is 67.8 Å². The molecule has 0 aliphatic carbocycles. The molecule has 19 heavy (non-hydrogen) atoms. The van der Waals surface area contributed by atoms with Gasteiger partial charge in [0.2, 0.25) is 0 Å². The molecule has 0 amide bonds. The maximum atomic E-state index is 11.9. The summed E-state index contributed by atoms with van der Waals surface area (Å²) in [5, 5.41) is 11.7. The molecule has 1 rings (SSSR count). The number of halogens is 4. The molecule has 0 heterocycles. The molecule has 0 bridgehead atoms. The fourth-order valence-corrected chi connectivity index (χ4v) is 1.75. The third-order valence-corrected chi connectivity index (χ3v) is 2.87. The van der Waals surface area contributed by atoms with Crippen molar-refractivity contribution in [2.24, 2.45) is 10.9 Å². The monoisotopic (exact) mass is 314 g/mol. The first-order valence-electron chi connectivity index (χ1n) is 4.94. The van der Waals surface area contributed by atoms with Gasteiger partial charge in [0, 0.05) is 10.8 Å². The summed E-state index contributed by atoms with van der Waals surface area (Å²) in [7, 11) is 0. The van der Waals surface area contributed by atoms with Crippen molar-refractivity contribution < 1.29 is 23.1 Å². The fraction of sp³-hybridized carbons (Fsp3) is 0.300. The third kappa shape index (κ3) is 5.48. The molecule has 4 nitrogen and oxygen atoms in total. The number of nitrogens with two attached hydrogens (primary N) is 1. The van der Waals surface area contributed by atoms with Crippen LogP contribution in [0.1, 0.15) is 5.56 Å². The highest BCUT2D eigenvalue weighted by molar-refractivity contribution is 8.00. The summed E-state index contributed by atoms with van der Waals surface area (Å²) in [4.78, 5) is 0. The first kappa shape index (κ1) is 15.8. The zero-order valence-corrected chi connectivity index (χ0v) is 11.0. The van der Waals surface area contributed by atoms with E-state index in [0.717, 1.165) is 0 Å². The highest BCUT2D eigenvalue weighted by atomic mass is 35.5. The third-order valence-electron chi connectivity index (χ3n) is 1.93. The van der Waals surface area contributed by atoms with Gasteiger partial charge in [-0.05, 0) is 30.0 Å². The van der Waals surface area contributed by atoms with Gasteiger partial charge in [-0.15, -0.1) is 0 Å². The van der Waals surface area contributed by atoms with E-state index in [1.54, 1.807) is 0 Å². The summed E-state index contributed by atoms with van der Waals surface area (Å²) in [6.45, 7) is -0.184. The van der Waals surface area contributed by atoms with Gasteiger partial charge in [-0.25, -0.2) is 0 Å². The van der Waals surface area contributed by atoms with E-state index in [-0.39, 0.29) is 41.3 Å². The molecule has 3 N–H and O–H groups in total. The van der Waals surface area contributed by atoms with Crippen LogP contribution in [0.5, 0.6) is 5.75 Å². The smallest absolute Gasteiger partial charge is 0.441 e. The Morgan fingerprint density at radius 1 is 1.47 bits per heavy atom. The Balaban J connectivity index is 2.69. The highest BCUT2D eigenvalue weighted by Gasteiger charge is 2.27. The predicted molar refractivity (Wildman–Crippen MR) is 68.0 cm³/mol. The number of ether oxygens (including phenoxy) is 1. The van der Waals surface area contributed by atoms with Crippen LogP contribution < -0.4 is 10.5 Å². The van der Waals surface area contributed by atoms with Crippen molar-refractivity contribution in [1.29, 1.82) is 0 Å². The van der Waals surface area contributed by atoms with Crippen molar-refractivity contribution in [3.05, 3.63) is 28.8 Å². The largest absolute Gasteiger partial charge is 0.492 e. The lowest BCUT2D eigenvalue weighted by atomic mass is 10.2. The molecule has 9 heteroatoms. The molecule has 1 aromatic carbocycles. The van der Waals surface area contributed by atoms with Gasteiger partial charge >= 0.3 is 5.51 Å². The average Bonchev–Trinajstić information content (AvgIpc) is 2.33. The molecule has 0 fully saturated rings. The summed E-state index contributed by atoms with van der Waals surface area (Å²) >= 11 is 5.55. The predicted octanol–water partition coefficient (Wildman–Crippen LogP) is 3.07. The summed E-state index contributed by atoms with van der Waals surface area (Å²) in [6, 6.07) is 4.32. The van der Waals surface area contributed by atoms with E-state index in [1.807, 2.05) is 0 Å². The van der Waals surface area contributed by atoms with Gasteiger partial charge < -0.3 is 15.7 Å². The number of benzene rings is 1. The lowest BCUT2D eigenvalue weighted by Crippen LogP contribution is -2.16. The minimum Gasteiger partial charge on any atom is -0.492 e. The molecule has 106 valence electrons. The van der Waals surface area contributed by atoms with Gasteiger partial charge in [0.25, 0.3) is 0 Å². The molecular formula is C10H10ClF3N2O2S. The zero-order chi connectivity index (χ0) is 14.5. The molecule has 0 radical (unpaired) electrons. The normalized spacial score (nSPS) is 12.5. The first-order valence-corrected chi connectivity index (χ1v) is 6.31. The second kappa shape index (κ2) is 6.76. The Morgan fingerprint density at radius 3 is 2.74 bits per heavy atom. The molecule has 0 saturated heterocycles. The van der Waals surface area contributed by atoms with Gasteiger partial charge in [-0.2, -0.15) is 13.2 Å². The Morgan fingerprint density at radius 2 is 2.16 bits per heavy atom. The van der Waals surface area contributed by atoms with Crippen LogP contribution in [0, 0.1) is 0 Å². The van der Waals surface area contributed by atoms with Crippen LogP contribution in [0.4, 0.5) is 13.2 Å². The number of oxime groups is 1. The Labute approximate surface area is 116 Å². The van der Waals surface area contributed by atoms with Crippen molar-refractivity contribution in [1.82, 2.24) is 0 Å². The van der Waals surface area contributed by atoms with Crippen LogP contribution in [0.25, 0.3) is 0 Å². The van der Waals surface area contributed by atoms with Crippen molar-refractivity contribution in [2.75, 3.05) is 12.4 Å². The summed E-state index contributed by atoms with van der Waals surface area (Å²) in [5.41, 5.74) is 1.36. The van der Waals surface area contributed by atoms with E-state index in [2.05, 4.69) is 5.16 Å². The quantitative estimate of drug-likeness (QED) is 0.288. The Hall–Kier alpha value is -1.28. The summed E-state index contributed by atoms with van der Waals surface area (Å²) < 4.78 is 40.9. The van der Waals surface area contributed by atoms with E-state index in [1.165, 1.54) is 18.2 Å². The second-order valence-electron chi connectivity index (χ2n) is 3.27. The number of hydrogen-bond donors (Lipinski definition) is 2. The summed E-state index contributed by atoms with van der Waals surface area (Å²) in [5.74, 6) is -0.327. The van der Waals surface area contributed by atoms with Crippen molar-refractivity contribution in [3.63, 3.8) is 0 Å². The van der Waals surface area contributed by atoms with E-state index < -0.39 is 5.51 Å². The first-order chi connectivity index (χ1) is 8.83. The molecule has 0 saturated carbocycles. The standard InChI is InChI=1S/C10H10ClF3N2O2S/c11-6-1-2-7(9(15)16-17)8(5-6)18-3-4-19-10(12,13)14/h1-2,5,17H,3-4H2,(H2,15,16). The number of alkyl halides is 3. The van der Waals surface area contributed by atoms with Gasteiger partial charge in [-0.3, -0.25) is 0 Å². The molecule has 0 aromatic heterocycles. The van der Waals surface area contributed by atoms with Gasteiger partial charge in [0.1, 0.15) is 5.75 Å². The number of thioether (sulfide) groups is 1. The minimum absolute atomic E-state index is 0.158. The molecule has 0 aliphatic rings. The highest BCUT2D eigenvalue weighted by Crippen LogP contribution is 2.30. The maximum Gasteiger partial charge on any atom is 0.441 e. The van der Waals surface area contributed by atoms with E-state index >= 15 is 0 Å². The van der Waals surface area contributed by atoms with Crippen molar-refractivity contribution >= 4 is 29.2 Å². The van der Waals surface area contributed by atoms with E-state index in [4.69, 9.17) is 27.3 Å². The van der Waals surface area contributed by atoms with Crippen LogP contribution in [-0.4, -0.2) is 28.9 Å². The maximum absolute atomic E-state index is 11.9. The van der Waals surface area contributed by atoms with Crippen LogP contribution in [-0.2, 0) is 0 Å².